The standard InChI is InChI=1S/C18H27NO2/c1-6-7-10-14(13-18(2,3)4)17(20)19-15-11-8-9-12-16(15)21-5/h8-9,11-13H,6-7,10H2,1-5H3,(H,19,20)/b14-13-. The van der Waals surface area contributed by atoms with E-state index in [1.807, 2.05) is 24.3 Å². The monoisotopic (exact) mass is 289 g/mol. The number of methoxy groups -OCH3 is 1. The molecule has 1 aromatic rings. The molecular formula is C18H27NO2. The van der Waals surface area contributed by atoms with Crippen LogP contribution < -0.4 is 10.1 Å². The van der Waals surface area contributed by atoms with Crippen LogP contribution in [0.1, 0.15) is 47.0 Å². The van der Waals surface area contributed by atoms with Gasteiger partial charge in [-0.25, -0.2) is 0 Å². The SMILES string of the molecule is CCCC/C(=C/C(C)(C)C)C(=O)Nc1ccccc1OC. The predicted molar refractivity (Wildman–Crippen MR) is 88.7 cm³/mol. The number of carbonyl (C=O) groups is 1. The van der Waals surface area contributed by atoms with Gasteiger partial charge >= 0.3 is 0 Å². The molecular weight excluding hydrogens is 262 g/mol. The Morgan fingerprint density at radius 2 is 1.95 bits per heavy atom. The summed E-state index contributed by atoms with van der Waals surface area (Å²) in [5, 5.41) is 2.96. The first-order valence-electron chi connectivity index (χ1n) is 7.53. The number of allylic oxidation sites excluding steroid dienone is 1. The molecule has 0 spiro atoms. The van der Waals surface area contributed by atoms with E-state index < -0.39 is 0 Å². The van der Waals surface area contributed by atoms with E-state index in [1.54, 1.807) is 7.11 Å². The second kappa shape index (κ2) is 7.87. The van der Waals surface area contributed by atoms with E-state index in [4.69, 9.17) is 4.74 Å². The molecule has 116 valence electrons. The van der Waals surface area contributed by atoms with Crippen LogP contribution in [0.15, 0.2) is 35.9 Å². The molecule has 0 unspecified atom stereocenters. The lowest BCUT2D eigenvalue weighted by Gasteiger charge is -2.17. The third-order valence-corrected chi connectivity index (χ3v) is 3.05. The largest absolute Gasteiger partial charge is 0.495 e. The highest BCUT2D eigenvalue weighted by Gasteiger charge is 2.16. The molecule has 0 radical (unpaired) electrons. The molecule has 1 amide bonds. The number of nitrogens with one attached hydrogen (secondary N) is 1. The number of amides is 1. The number of rotatable bonds is 6. The summed E-state index contributed by atoms with van der Waals surface area (Å²) < 4.78 is 5.27. The van der Waals surface area contributed by atoms with Crippen LogP contribution in [0.3, 0.4) is 0 Å². The van der Waals surface area contributed by atoms with Gasteiger partial charge in [0.15, 0.2) is 0 Å². The number of ether oxygens (including phenoxy) is 1. The minimum Gasteiger partial charge on any atom is -0.495 e. The van der Waals surface area contributed by atoms with Crippen molar-refractivity contribution in [2.45, 2.75) is 47.0 Å². The van der Waals surface area contributed by atoms with E-state index in [9.17, 15) is 4.79 Å². The molecule has 0 bridgehead atoms. The van der Waals surface area contributed by atoms with Crippen molar-refractivity contribution in [1.82, 2.24) is 0 Å². The maximum atomic E-state index is 12.5. The lowest BCUT2D eigenvalue weighted by Crippen LogP contribution is -2.17. The number of hydrogen-bond donors (Lipinski definition) is 1. The van der Waals surface area contributed by atoms with Crippen molar-refractivity contribution >= 4 is 11.6 Å². The van der Waals surface area contributed by atoms with Crippen LogP contribution in [0.4, 0.5) is 5.69 Å². The van der Waals surface area contributed by atoms with Gasteiger partial charge in [0.05, 0.1) is 12.8 Å². The first kappa shape index (κ1) is 17.3. The fraction of sp³-hybridized carbons (Fsp3) is 0.500. The van der Waals surface area contributed by atoms with E-state index >= 15 is 0 Å². The molecule has 0 aromatic heterocycles. The zero-order chi connectivity index (χ0) is 15.9. The lowest BCUT2D eigenvalue weighted by molar-refractivity contribution is -0.113. The van der Waals surface area contributed by atoms with Crippen molar-refractivity contribution in [2.24, 2.45) is 5.41 Å². The summed E-state index contributed by atoms with van der Waals surface area (Å²) in [6.45, 7) is 8.45. The fourth-order valence-corrected chi connectivity index (χ4v) is 2.09. The zero-order valence-electron chi connectivity index (χ0n) is 13.8. The topological polar surface area (TPSA) is 38.3 Å². The molecule has 0 saturated heterocycles. The first-order valence-corrected chi connectivity index (χ1v) is 7.53. The van der Waals surface area contributed by atoms with Gasteiger partial charge < -0.3 is 10.1 Å². The zero-order valence-corrected chi connectivity index (χ0v) is 13.8. The Balaban J connectivity index is 2.93. The minimum absolute atomic E-state index is 0.0127. The quantitative estimate of drug-likeness (QED) is 0.764. The van der Waals surface area contributed by atoms with Crippen LogP contribution in [0.25, 0.3) is 0 Å². The van der Waals surface area contributed by atoms with Gasteiger partial charge in [-0.2, -0.15) is 0 Å². The Bertz CT molecular complexity index is 498. The minimum atomic E-state index is -0.0390. The van der Waals surface area contributed by atoms with Crippen LogP contribution >= 0.6 is 0 Å². The molecule has 0 fully saturated rings. The second-order valence-corrected chi connectivity index (χ2v) is 6.29. The summed E-state index contributed by atoms with van der Waals surface area (Å²) >= 11 is 0. The highest BCUT2D eigenvalue weighted by Crippen LogP contribution is 2.26. The average molecular weight is 289 g/mol. The smallest absolute Gasteiger partial charge is 0.251 e. The Kier molecular flexibility index (Phi) is 6.47. The molecule has 1 aromatic carbocycles. The fourth-order valence-electron chi connectivity index (χ4n) is 2.09. The molecule has 0 aliphatic heterocycles. The van der Waals surface area contributed by atoms with Gasteiger partial charge in [-0.1, -0.05) is 52.3 Å². The van der Waals surface area contributed by atoms with Crippen molar-refractivity contribution in [3.63, 3.8) is 0 Å². The number of para-hydroxylation sites is 2. The molecule has 3 heteroatoms. The number of unbranched alkanes of at least 4 members (excludes halogenated alkanes) is 1. The highest BCUT2D eigenvalue weighted by atomic mass is 16.5. The van der Waals surface area contributed by atoms with Crippen molar-refractivity contribution in [2.75, 3.05) is 12.4 Å². The van der Waals surface area contributed by atoms with Crippen LogP contribution in [-0.4, -0.2) is 13.0 Å². The van der Waals surface area contributed by atoms with Gasteiger partial charge in [-0.05, 0) is 30.4 Å². The number of benzene rings is 1. The summed E-state index contributed by atoms with van der Waals surface area (Å²) in [5.74, 6) is 0.638. The van der Waals surface area contributed by atoms with Gasteiger partial charge in [0, 0.05) is 5.57 Å². The van der Waals surface area contributed by atoms with Gasteiger partial charge in [0.1, 0.15) is 5.75 Å². The van der Waals surface area contributed by atoms with E-state index in [2.05, 4.69) is 39.1 Å². The van der Waals surface area contributed by atoms with Gasteiger partial charge in [-0.3, -0.25) is 4.79 Å². The molecule has 0 heterocycles. The summed E-state index contributed by atoms with van der Waals surface area (Å²) in [4.78, 5) is 12.5. The molecule has 0 saturated carbocycles. The van der Waals surface area contributed by atoms with Crippen molar-refractivity contribution in [1.29, 1.82) is 0 Å². The number of carbonyl (C=O) groups excluding carboxylic acids is 1. The van der Waals surface area contributed by atoms with E-state index in [0.29, 0.717) is 11.4 Å². The van der Waals surface area contributed by atoms with E-state index in [1.165, 1.54) is 0 Å². The molecule has 1 rings (SSSR count). The second-order valence-electron chi connectivity index (χ2n) is 6.29. The van der Waals surface area contributed by atoms with Gasteiger partial charge in [0.25, 0.3) is 5.91 Å². The van der Waals surface area contributed by atoms with Crippen LogP contribution in [0.2, 0.25) is 0 Å². The Labute approximate surface area is 128 Å². The Hall–Kier alpha value is -1.77. The normalized spacial score (nSPS) is 12.1. The highest BCUT2D eigenvalue weighted by molar-refractivity contribution is 6.04. The van der Waals surface area contributed by atoms with E-state index in [-0.39, 0.29) is 11.3 Å². The average Bonchev–Trinajstić information content (AvgIpc) is 2.42. The van der Waals surface area contributed by atoms with E-state index in [0.717, 1.165) is 24.8 Å². The summed E-state index contributed by atoms with van der Waals surface area (Å²) in [6, 6.07) is 7.47. The summed E-state index contributed by atoms with van der Waals surface area (Å²) in [7, 11) is 1.61. The van der Waals surface area contributed by atoms with Crippen LogP contribution in [0, 0.1) is 5.41 Å². The lowest BCUT2D eigenvalue weighted by atomic mass is 9.91. The molecule has 3 nitrogen and oxygen atoms in total. The maximum Gasteiger partial charge on any atom is 0.251 e. The summed E-state index contributed by atoms with van der Waals surface area (Å²) in [5.41, 5.74) is 1.54. The molecule has 0 aliphatic carbocycles. The van der Waals surface area contributed by atoms with Gasteiger partial charge in [-0.15, -0.1) is 0 Å². The Morgan fingerprint density at radius 3 is 2.52 bits per heavy atom. The molecule has 0 atom stereocenters. The molecule has 21 heavy (non-hydrogen) atoms. The van der Waals surface area contributed by atoms with Crippen LogP contribution in [-0.2, 0) is 4.79 Å². The molecule has 0 aliphatic rings. The first-order chi connectivity index (χ1) is 9.87. The number of hydrogen-bond acceptors (Lipinski definition) is 2. The summed E-state index contributed by atoms with van der Waals surface area (Å²) in [6.07, 6.45) is 4.95. The van der Waals surface area contributed by atoms with Crippen molar-refractivity contribution < 1.29 is 9.53 Å². The predicted octanol–water partition coefficient (Wildman–Crippen LogP) is 4.80. The van der Waals surface area contributed by atoms with Crippen molar-refractivity contribution in [3.8, 4) is 5.75 Å². The van der Waals surface area contributed by atoms with Gasteiger partial charge in [0.2, 0.25) is 0 Å². The third-order valence-electron chi connectivity index (χ3n) is 3.05. The third kappa shape index (κ3) is 6.03. The van der Waals surface area contributed by atoms with Crippen LogP contribution in [0.5, 0.6) is 5.75 Å². The maximum absolute atomic E-state index is 12.5. The number of anilines is 1. The molecule has 1 N–H and O–H groups in total. The van der Waals surface area contributed by atoms with Crippen molar-refractivity contribution in [3.05, 3.63) is 35.9 Å². The Morgan fingerprint density at radius 1 is 1.29 bits per heavy atom.